The number of ether oxygens (including phenoxy) is 1. The second-order valence-corrected chi connectivity index (χ2v) is 3.05. The summed E-state index contributed by atoms with van der Waals surface area (Å²) in [4.78, 5) is 4.20. The Morgan fingerprint density at radius 2 is 2.40 bits per heavy atom. The van der Waals surface area contributed by atoms with Crippen LogP contribution < -0.4 is 10.1 Å². The van der Waals surface area contributed by atoms with Gasteiger partial charge in [0.1, 0.15) is 0 Å². The van der Waals surface area contributed by atoms with E-state index in [-0.39, 0.29) is 6.04 Å². The first-order valence-electron chi connectivity index (χ1n) is 5.12. The van der Waals surface area contributed by atoms with E-state index in [0.29, 0.717) is 12.4 Å². The fraction of sp³-hybridized carbons (Fsp3) is 0.417. The smallest absolute Gasteiger partial charge is 0.169 e. The van der Waals surface area contributed by atoms with Crippen LogP contribution in [0.25, 0.3) is 0 Å². The molecule has 80 valence electrons. The number of pyridine rings is 1. The number of terminal acetylenes is 1. The van der Waals surface area contributed by atoms with Crippen molar-refractivity contribution < 1.29 is 4.74 Å². The second-order valence-electron chi connectivity index (χ2n) is 3.05. The van der Waals surface area contributed by atoms with Gasteiger partial charge in [-0.1, -0.05) is 12.8 Å². The molecule has 1 unspecified atom stereocenters. The summed E-state index contributed by atoms with van der Waals surface area (Å²) in [5, 5.41) is 3.16. The Morgan fingerprint density at radius 3 is 3.00 bits per heavy atom. The van der Waals surface area contributed by atoms with Gasteiger partial charge in [0.15, 0.2) is 11.6 Å². The summed E-state index contributed by atoms with van der Waals surface area (Å²) in [5.74, 6) is 4.12. The lowest BCUT2D eigenvalue weighted by molar-refractivity contribution is 0.340. The van der Waals surface area contributed by atoms with E-state index >= 15 is 0 Å². The highest BCUT2D eigenvalue weighted by Gasteiger charge is 2.07. The van der Waals surface area contributed by atoms with E-state index < -0.39 is 0 Å². The van der Waals surface area contributed by atoms with E-state index in [1.165, 1.54) is 0 Å². The summed E-state index contributed by atoms with van der Waals surface area (Å²) in [6.07, 6.45) is 7.95. The Morgan fingerprint density at radius 1 is 1.60 bits per heavy atom. The zero-order chi connectivity index (χ0) is 11.1. The molecule has 1 rings (SSSR count). The number of anilines is 1. The quantitative estimate of drug-likeness (QED) is 0.747. The van der Waals surface area contributed by atoms with E-state index in [1.807, 2.05) is 26.0 Å². The molecule has 1 aromatic rings. The Bertz CT molecular complexity index is 344. The van der Waals surface area contributed by atoms with Crippen molar-refractivity contribution >= 4 is 5.82 Å². The van der Waals surface area contributed by atoms with E-state index in [2.05, 4.69) is 16.2 Å². The number of hydrogen-bond acceptors (Lipinski definition) is 3. The van der Waals surface area contributed by atoms with Crippen molar-refractivity contribution in [2.45, 2.75) is 26.3 Å². The standard InChI is InChI=1S/C12H16N2O/c1-4-10(5-2)14-12-11(15-6-3)8-7-9-13-12/h1,7-10H,5-6H2,2-3H3,(H,13,14). The molecule has 1 aromatic heterocycles. The first kappa shape index (κ1) is 11.4. The van der Waals surface area contributed by atoms with Crippen molar-refractivity contribution in [3.8, 4) is 18.1 Å². The lowest BCUT2D eigenvalue weighted by Gasteiger charge is -2.14. The topological polar surface area (TPSA) is 34.2 Å². The molecule has 0 spiro atoms. The number of nitrogens with zero attached hydrogens (tertiary/aromatic N) is 1. The number of hydrogen-bond donors (Lipinski definition) is 1. The van der Waals surface area contributed by atoms with Crippen molar-refractivity contribution in [2.24, 2.45) is 0 Å². The molecule has 1 N–H and O–H groups in total. The number of rotatable bonds is 5. The zero-order valence-corrected chi connectivity index (χ0v) is 9.16. The van der Waals surface area contributed by atoms with Crippen LogP contribution in [-0.4, -0.2) is 17.6 Å². The van der Waals surface area contributed by atoms with Gasteiger partial charge in [0.05, 0.1) is 12.6 Å². The maximum Gasteiger partial charge on any atom is 0.169 e. The highest BCUT2D eigenvalue weighted by atomic mass is 16.5. The third-order valence-corrected chi connectivity index (χ3v) is 1.99. The highest BCUT2D eigenvalue weighted by Crippen LogP contribution is 2.21. The Hall–Kier alpha value is -1.69. The molecule has 0 aliphatic heterocycles. The number of nitrogens with one attached hydrogen (secondary N) is 1. The summed E-state index contributed by atoms with van der Waals surface area (Å²) >= 11 is 0. The Balaban J connectivity index is 2.79. The molecule has 15 heavy (non-hydrogen) atoms. The molecule has 0 aromatic carbocycles. The third-order valence-electron chi connectivity index (χ3n) is 1.99. The summed E-state index contributed by atoms with van der Waals surface area (Å²) in [7, 11) is 0. The van der Waals surface area contributed by atoms with Gasteiger partial charge >= 0.3 is 0 Å². The van der Waals surface area contributed by atoms with E-state index in [1.54, 1.807) is 6.20 Å². The molecule has 0 saturated carbocycles. The van der Waals surface area contributed by atoms with Gasteiger partial charge in [-0.2, -0.15) is 0 Å². The van der Waals surface area contributed by atoms with Gasteiger partial charge in [0.25, 0.3) is 0 Å². The van der Waals surface area contributed by atoms with Crippen LogP contribution in [-0.2, 0) is 0 Å². The van der Waals surface area contributed by atoms with Crippen LogP contribution >= 0.6 is 0 Å². The number of aromatic nitrogens is 1. The molecule has 1 atom stereocenters. The third kappa shape index (κ3) is 3.17. The summed E-state index contributed by atoms with van der Waals surface area (Å²) in [6.45, 7) is 4.59. The fourth-order valence-electron chi connectivity index (χ4n) is 1.20. The molecule has 0 aliphatic rings. The van der Waals surface area contributed by atoms with Gasteiger partial charge in [-0.05, 0) is 25.5 Å². The molecule has 0 amide bonds. The van der Waals surface area contributed by atoms with Gasteiger partial charge in [-0.3, -0.25) is 0 Å². The lowest BCUT2D eigenvalue weighted by Crippen LogP contribution is -2.17. The van der Waals surface area contributed by atoms with E-state index in [0.717, 1.165) is 12.2 Å². The van der Waals surface area contributed by atoms with E-state index in [4.69, 9.17) is 11.2 Å². The zero-order valence-electron chi connectivity index (χ0n) is 9.16. The maximum absolute atomic E-state index is 5.43. The van der Waals surface area contributed by atoms with Crippen LogP contribution in [0.15, 0.2) is 18.3 Å². The van der Waals surface area contributed by atoms with Crippen molar-refractivity contribution in [1.82, 2.24) is 4.98 Å². The van der Waals surface area contributed by atoms with Crippen molar-refractivity contribution in [1.29, 1.82) is 0 Å². The van der Waals surface area contributed by atoms with Crippen LogP contribution in [0.4, 0.5) is 5.82 Å². The minimum atomic E-state index is -0.000828. The monoisotopic (exact) mass is 204 g/mol. The highest BCUT2D eigenvalue weighted by molar-refractivity contribution is 5.51. The van der Waals surface area contributed by atoms with Crippen molar-refractivity contribution in [2.75, 3.05) is 11.9 Å². The molecule has 3 nitrogen and oxygen atoms in total. The van der Waals surface area contributed by atoms with E-state index in [9.17, 15) is 0 Å². The Labute approximate surface area is 90.9 Å². The van der Waals surface area contributed by atoms with Gasteiger partial charge in [-0.25, -0.2) is 4.98 Å². The first-order chi connectivity index (χ1) is 7.31. The molecule has 0 aliphatic carbocycles. The van der Waals surface area contributed by atoms with Gasteiger partial charge < -0.3 is 10.1 Å². The minimum absolute atomic E-state index is 0.000828. The van der Waals surface area contributed by atoms with Crippen LogP contribution in [0.3, 0.4) is 0 Å². The largest absolute Gasteiger partial charge is 0.490 e. The van der Waals surface area contributed by atoms with Crippen LogP contribution in [0.1, 0.15) is 20.3 Å². The predicted octanol–water partition coefficient (Wildman–Crippen LogP) is 2.30. The summed E-state index contributed by atoms with van der Waals surface area (Å²) in [6, 6.07) is 3.72. The van der Waals surface area contributed by atoms with Gasteiger partial charge in [-0.15, -0.1) is 6.42 Å². The first-order valence-corrected chi connectivity index (χ1v) is 5.12. The van der Waals surface area contributed by atoms with Crippen molar-refractivity contribution in [3.05, 3.63) is 18.3 Å². The minimum Gasteiger partial charge on any atom is -0.490 e. The van der Waals surface area contributed by atoms with Crippen molar-refractivity contribution in [3.63, 3.8) is 0 Å². The maximum atomic E-state index is 5.43. The SMILES string of the molecule is C#CC(CC)Nc1ncccc1OCC. The average molecular weight is 204 g/mol. The molecule has 0 fully saturated rings. The van der Waals surface area contributed by atoms with Crippen LogP contribution in [0.5, 0.6) is 5.75 Å². The summed E-state index contributed by atoms with van der Waals surface area (Å²) < 4.78 is 5.43. The molecule has 0 saturated heterocycles. The van der Waals surface area contributed by atoms with Crippen LogP contribution in [0, 0.1) is 12.3 Å². The normalized spacial score (nSPS) is 11.5. The molecular weight excluding hydrogens is 188 g/mol. The summed E-state index contributed by atoms with van der Waals surface area (Å²) in [5.41, 5.74) is 0. The molecule has 0 radical (unpaired) electrons. The van der Waals surface area contributed by atoms with Crippen LogP contribution in [0.2, 0.25) is 0 Å². The predicted molar refractivity (Wildman–Crippen MR) is 61.9 cm³/mol. The fourth-order valence-corrected chi connectivity index (χ4v) is 1.20. The second kappa shape index (κ2) is 5.92. The van der Waals surface area contributed by atoms with Gasteiger partial charge in [0, 0.05) is 6.20 Å². The average Bonchev–Trinajstić information content (AvgIpc) is 2.28. The molecular formula is C12H16N2O. The molecule has 0 bridgehead atoms. The Kier molecular flexibility index (Phi) is 4.49. The lowest BCUT2D eigenvalue weighted by atomic mass is 10.2. The van der Waals surface area contributed by atoms with Gasteiger partial charge in [0.2, 0.25) is 0 Å². The molecule has 1 heterocycles. The molecule has 3 heteroatoms.